The maximum atomic E-state index is 8.58. The van der Waals surface area contributed by atoms with Crippen molar-refractivity contribution in [3.63, 3.8) is 0 Å². The largest absolute Gasteiger partial charge is 0.457 e. The Morgan fingerprint density at radius 1 is 1.22 bits per heavy atom. The van der Waals surface area contributed by atoms with Crippen LogP contribution in [0.4, 0.5) is 0 Å². The van der Waals surface area contributed by atoms with E-state index < -0.39 is 0 Å². The summed E-state index contributed by atoms with van der Waals surface area (Å²) in [5, 5.41) is 11.6. The number of benzene rings is 1. The van der Waals surface area contributed by atoms with Gasteiger partial charge in [0.25, 0.3) is 0 Å². The van der Waals surface area contributed by atoms with E-state index in [1.54, 1.807) is 0 Å². The van der Waals surface area contributed by atoms with Crippen LogP contribution in [0.3, 0.4) is 0 Å². The van der Waals surface area contributed by atoms with Crippen LogP contribution in [0.15, 0.2) is 47.8 Å². The maximum absolute atomic E-state index is 8.58. The molecule has 18 heavy (non-hydrogen) atoms. The molecule has 0 radical (unpaired) electrons. The summed E-state index contributed by atoms with van der Waals surface area (Å²) in [6, 6.07) is 11.5. The van der Waals surface area contributed by atoms with Crippen LogP contribution < -0.4 is 9.30 Å². The van der Waals surface area contributed by atoms with Crippen molar-refractivity contribution >= 4 is 6.21 Å². The number of hydrogen-bond acceptors (Lipinski definition) is 3. The van der Waals surface area contributed by atoms with Gasteiger partial charge in [-0.05, 0) is 24.6 Å². The number of nitrogens with zero attached hydrogens (tertiary/aromatic N) is 2. The molecular formula is C14H15N2O2+. The molecular weight excluding hydrogens is 228 g/mol. The summed E-state index contributed by atoms with van der Waals surface area (Å²) < 4.78 is 7.58. The van der Waals surface area contributed by atoms with Gasteiger partial charge in [0.1, 0.15) is 24.8 Å². The van der Waals surface area contributed by atoms with E-state index in [1.807, 2.05) is 61.1 Å². The Morgan fingerprint density at radius 2 is 2.00 bits per heavy atom. The Morgan fingerprint density at radius 3 is 2.72 bits per heavy atom. The number of hydrogen-bond donors (Lipinski definition) is 1. The van der Waals surface area contributed by atoms with Crippen molar-refractivity contribution in [2.45, 2.75) is 6.92 Å². The molecule has 1 N–H and O–H groups in total. The first-order valence-corrected chi connectivity index (χ1v) is 5.60. The lowest BCUT2D eigenvalue weighted by Gasteiger charge is -2.06. The lowest BCUT2D eigenvalue weighted by molar-refractivity contribution is -0.672. The van der Waals surface area contributed by atoms with Gasteiger partial charge in [0.05, 0.1) is 6.07 Å². The zero-order valence-electron chi connectivity index (χ0n) is 10.4. The van der Waals surface area contributed by atoms with Gasteiger partial charge in [0.15, 0.2) is 6.20 Å². The molecule has 4 nitrogen and oxygen atoms in total. The van der Waals surface area contributed by atoms with Crippen LogP contribution >= 0.6 is 0 Å². The molecule has 4 heteroatoms. The number of ether oxygens (including phenoxy) is 1. The second kappa shape index (κ2) is 5.31. The summed E-state index contributed by atoms with van der Waals surface area (Å²) in [7, 11) is 1.87. The molecule has 92 valence electrons. The maximum Gasteiger partial charge on any atom is 0.230 e. The molecule has 1 heterocycles. The van der Waals surface area contributed by atoms with Crippen molar-refractivity contribution in [3.8, 4) is 11.5 Å². The summed E-state index contributed by atoms with van der Waals surface area (Å²) in [4.78, 5) is 0. The number of aryl methyl sites for hydroxylation is 2. The fourth-order valence-corrected chi connectivity index (χ4v) is 1.63. The quantitative estimate of drug-likeness (QED) is 0.389. The first-order chi connectivity index (χ1) is 8.69. The third kappa shape index (κ3) is 2.85. The lowest BCUT2D eigenvalue weighted by Crippen LogP contribution is -2.32. The SMILES string of the molecule is Cc1cccc(Oc2cc[n+](C)c(/C=N/O)c2)c1. The Bertz CT molecular complexity index is 580. The van der Waals surface area contributed by atoms with Crippen LogP contribution in [0.25, 0.3) is 0 Å². The zero-order valence-corrected chi connectivity index (χ0v) is 10.4. The van der Waals surface area contributed by atoms with Gasteiger partial charge >= 0.3 is 0 Å². The second-order valence-corrected chi connectivity index (χ2v) is 4.06. The third-order valence-corrected chi connectivity index (χ3v) is 2.58. The van der Waals surface area contributed by atoms with Crippen LogP contribution in [0.5, 0.6) is 11.5 Å². The number of aromatic nitrogens is 1. The number of oxime groups is 1. The van der Waals surface area contributed by atoms with Gasteiger partial charge in [-0.3, -0.25) is 0 Å². The highest BCUT2D eigenvalue weighted by molar-refractivity contribution is 5.74. The van der Waals surface area contributed by atoms with E-state index in [-0.39, 0.29) is 0 Å². The van der Waals surface area contributed by atoms with Crippen LogP contribution in [-0.2, 0) is 7.05 Å². The molecule has 2 aromatic rings. The molecule has 1 aromatic carbocycles. The van der Waals surface area contributed by atoms with E-state index >= 15 is 0 Å². The molecule has 0 fully saturated rings. The summed E-state index contributed by atoms with van der Waals surface area (Å²) in [6.45, 7) is 2.02. The molecule has 0 atom stereocenters. The molecule has 0 saturated carbocycles. The van der Waals surface area contributed by atoms with E-state index in [9.17, 15) is 0 Å². The summed E-state index contributed by atoms with van der Waals surface area (Å²) in [5.41, 5.74) is 1.90. The molecule has 0 bridgehead atoms. The summed E-state index contributed by atoms with van der Waals surface area (Å²) in [6.07, 6.45) is 3.21. The summed E-state index contributed by atoms with van der Waals surface area (Å²) >= 11 is 0. The minimum atomic E-state index is 0.702. The Hall–Kier alpha value is -2.36. The van der Waals surface area contributed by atoms with Gasteiger partial charge in [-0.2, -0.15) is 4.57 Å². The first kappa shape index (κ1) is 12.1. The van der Waals surface area contributed by atoms with E-state index in [0.29, 0.717) is 5.75 Å². The smallest absolute Gasteiger partial charge is 0.230 e. The van der Waals surface area contributed by atoms with Gasteiger partial charge in [-0.25, -0.2) is 0 Å². The van der Waals surface area contributed by atoms with E-state index in [2.05, 4.69) is 5.16 Å². The normalized spacial score (nSPS) is 10.8. The minimum Gasteiger partial charge on any atom is -0.457 e. The molecule has 0 amide bonds. The molecule has 0 aliphatic rings. The van der Waals surface area contributed by atoms with Gasteiger partial charge in [0, 0.05) is 6.07 Å². The van der Waals surface area contributed by atoms with Crippen molar-refractivity contribution in [1.29, 1.82) is 0 Å². The zero-order chi connectivity index (χ0) is 13.0. The highest BCUT2D eigenvalue weighted by Crippen LogP contribution is 2.21. The Balaban J connectivity index is 2.27. The van der Waals surface area contributed by atoms with Gasteiger partial charge in [-0.15, -0.1) is 0 Å². The predicted octanol–water partition coefficient (Wildman–Crippen LogP) is 2.42. The van der Waals surface area contributed by atoms with Crippen molar-refractivity contribution in [3.05, 3.63) is 53.9 Å². The highest BCUT2D eigenvalue weighted by atomic mass is 16.5. The van der Waals surface area contributed by atoms with E-state index in [4.69, 9.17) is 9.94 Å². The Labute approximate surface area is 106 Å². The summed E-state index contributed by atoms with van der Waals surface area (Å²) in [5.74, 6) is 1.49. The second-order valence-electron chi connectivity index (χ2n) is 4.06. The molecule has 0 unspecified atom stereocenters. The number of rotatable bonds is 3. The Kier molecular flexibility index (Phi) is 3.57. The van der Waals surface area contributed by atoms with Crippen molar-refractivity contribution in [2.24, 2.45) is 12.2 Å². The van der Waals surface area contributed by atoms with Crippen molar-refractivity contribution < 1.29 is 14.5 Å². The first-order valence-electron chi connectivity index (χ1n) is 5.60. The van der Waals surface area contributed by atoms with Gasteiger partial charge < -0.3 is 9.94 Å². The van der Waals surface area contributed by atoms with Crippen LogP contribution in [0.1, 0.15) is 11.3 Å². The average Bonchev–Trinajstić information content (AvgIpc) is 2.34. The molecule has 2 rings (SSSR count). The molecule has 0 aliphatic heterocycles. The van der Waals surface area contributed by atoms with Gasteiger partial charge in [0.2, 0.25) is 5.69 Å². The van der Waals surface area contributed by atoms with E-state index in [0.717, 1.165) is 17.0 Å². The van der Waals surface area contributed by atoms with E-state index in [1.165, 1.54) is 6.21 Å². The van der Waals surface area contributed by atoms with Crippen LogP contribution in [0.2, 0.25) is 0 Å². The number of pyridine rings is 1. The highest BCUT2D eigenvalue weighted by Gasteiger charge is 2.07. The standard InChI is InChI=1S/C14H14N2O2/c1-11-4-3-5-13(8-11)18-14-6-7-16(2)12(9-14)10-15-17/h3-10H,1-2H3/p+1. The monoisotopic (exact) mass is 243 g/mol. The van der Waals surface area contributed by atoms with Crippen LogP contribution in [0, 0.1) is 6.92 Å². The van der Waals surface area contributed by atoms with Crippen LogP contribution in [-0.4, -0.2) is 11.4 Å². The average molecular weight is 243 g/mol. The third-order valence-electron chi connectivity index (χ3n) is 2.58. The predicted molar refractivity (Wildman–Crippen MR) is 68.3 cm³/mol. The molecule has 0 spiro atoms. The van der Waals surface area contributed by atoms with Crippen molar-refractivity contribution in [1.82, 2.24) is 0 Å². The fraction of sp³-hybridized carbons (Fsp3) is 0.143. The van der Waals surface area contributed by atoms with Crippen molar-refractivity contribution in [2.75, 3.05) is 0 Å². The molecule has 0 aliphatic carbocycles. The fourth-order valence-electron chi connectivity index (χ4n) is 1.63. The molecule has 1 aromatic heterocycles. The minimum absolute atomic E-state index is 0.702. The topological polar surface area (TPSA) is 45.7 Å². The van der Waals surface area contributed by atoms with Gasteiger partial charge in [-0.1, -0.05) is 17.3 Å². The molecule has 0 saturated heterocycles. The lowest BCUT2D eigenvalue weighted by atomic mass is 10.2.